The first kappa shape index (κ1) is 13.2. The van der Waals surface area contributed by atoms with Crippen molar-refractivity contribution < 1.29 is 9.90 Å². The van der Waals surface area contributed by atoms with Gasteiger partial charge in [0, 0.05) is 34.9 Å². The number of nitrogens with zero attached hydrogens (tertiary/aromatic N) is 2. The van der Waals surface area contributed by atoms with Crippen LogP contribution in [-0.2, 0) is 4.79 Å². The lowest BCUT2D eigenvalue weighted by Gasteiger charge is -2.25. The maximum Gasteiger partial charge on any atom is 0.305 e. The summed E-state index contributed by atoms with van der Waals surface area (Å²) in [7, 11) is 0. The van der Waals surface area contributed by atoms with Crippen molar-refractivity contribution >= 4 is 34.2 Å². The van der Waals surface area contributed by atoms with Gasteiger partial charge in [-0.05, 0) is 37.1 Å². The fourth-order valence-electron chi connectivity index (χ4n) is 2.46. The number of fused-ring (bicyclic) bond motifs is 1. The third kappa shape index (κ3) is 2.70. The van der Waals surface area contributed by atoms with Crippen LogP contribution in [0.3, 0.4) is 0 Å². The summed E-state index contributed by atoms with van der Waals surface area (Å²) in [6.07, 6.45) is 4.14. The number of pyridine rings is 1. The fraction of sp³-hybridized carbons (Fsp3) is 0.333. The zero-order valence-corrected chi connectivity index (χ0v) is 11.7. The van der Waals surface area contributed by atoms with Gasteiger partial charge >= 0.3 is 5.97 Å². The summed E-state index contributed by atoms with van der Waals surface area (Å²) in [4.78, 5) is 17.3. The van der Waals surface area contributed by atoms with E-state index in [2.05, 4.69) is 9.88 Å². The van der Waals surface area contributed by atoms with Crippen LogP contribution in [-0.4, -0.2) is 28.6 Å². The van der Waals surface area contributed by atoms with E-state index in [4.69, 9.17) is 16.7 Å². The molecule has 0 atom stereocenters. The molecule has 20 heavy (non-hydrogen) atoms. The molecule has 0 aliphatic heterocycles. The number of benzene rings is 1. The summed E-state index contributed by atoms with van der Waals surface area (Å²) in [5, 5.41) is 10.6. The molecule has 0 amide bonds. The average molecular weight is 291 g/mol. The van der Waals surface area contributed by atoms with Gasteiger partial charge in [0.15, 0.2) is 0 Å². The summed E-state index contributed by atoms with van der Waals surface area (Å²) in [5.74, 6) is -0.767. The smallest absolute Gasteiger partial charge is 0.305 e. The normalized spacial score (nSPS) is 14.4. The van der Waals surface area contributed by atoms with Gasteiger partial charge in [-0.1, -0.05) is 11.6 Å². The average Bonchev–Trinajstić information content (AvgIpc) is 3.23. The number of aliphatic carboxylic acids is 1. The molecule has 0 spiro atoms. The van der Waals surface area contributed by atoms with Crippen molar-refractivity contribution in [3.8, 4) is 0 Å². The van der Waals surface area contributed by atoms with Crippen LogP contribution in [0.1, 0.15) is 19.3 Å². The molecule has 1 saturated carbocycles. The molecule has 4 nitrogen and oxygen atoms in total. The van der Waals surface area contributed by atoms with Crippen LogP contribution in [0.15, 0.2) is 30.5 Å². The number of hydrogen-bond acceptors (Lipinski definition) is 3. The highest BCUT2D eigenvalue weighted by Crippen LogP contribution is 2.35. The number of rotatable bonds is 5. The molecule has 1 aromatic carbocycles. The molecule has 1 heterocycles. The number of carboxylic acids is 1. The first-order valence-corrected chi connectivity index (χ1v) is 7.05. The molecule has 5 heteroatoms. The summed E-state index contributed by atoms with van der Waals surface area (Å²) in [5.41, 5.74) is 1.89. The quantitative estimate of drug-likeness (QED) is 0.918. The second-order valence-corrected chi connectivity index (χ2v) is 5.50. The molecule has 3 rings (SSSR count). The third-order valence-corrected chi connectivity index (χ3v) is 3.78. The molecule has 0 bridgehead atoms. The molecular weight excluding hydrogens is 276 g/mol. The van der Waals surface area contributed by atoms with Crippen LogP contribution < -0.4 is 4.90 Å². The summed E-state index contributed by atoms with van der Waals surface area (Å²) in [6.45, 7) is 0.530. The molecule has 1 aromatic heterocycles. The fourth-order valence-corrected chi connectivity index (χ4v) is 2.62. The van der Waals surface area contributed by atoms with Crippen LogP contribution in [0.25, 0.3) is 10.9 Å². The Hall–Kier alpha value is -1.81. The van der Waals surface area contributed by atoms with E-state index < -0.39 is 5.97 Å². The van der Waals surface area contributed by atoms with E-state index in [1.807, 2.05) is 24.3 Å². The van der Waals surface area contributed by atoms with Gasteiger partial charge in [-0.25, -0.2) is 0 Å². The Morgan fingerprint density at radius 3 is 2.90 bits per heavy atom. The van der Waals surface area contributed by atoms with Crippen LogP contribution >= 0.6 is 11.6 Å². The topological polar surface area (TPSA) is 53.4 Å². The molecule has 1 N–H and O–H groups in total. The second kappa shape index (κ2) is 5.29. The highest BCUT2D eigenvalue weighted by molar-refractivity contribution is 6.31. The van der Waals surface area contributed by atoms with E-state index in [0.717, 1.165) is 29.4 Å². The molecule has 0 saturated heterocycles. The SMILES string of the molecule is O=C(O)CCN(c1ccnc2cc(Cl)ccc12)C1CC1. The largest absolute Gasteiger partial charge is 0.481 e. The molecule has 104 valence electrons. The summed E-state index contributed by atoms with van der Waals surface area (Å²) < 4.78 is 0. The van der Waals surface area contributed by atoms with Gasteiger partial charge in [-0.2, -0.15) is 0 Å². The minimum Gasteiger partial charge on any atom is -0.481 e. The molecule has 1 aliphatic carbocycles. The van der Waals surface area contributed by atoms with Crippen molar-refractivity contribution in [2.75, 3.05) is 11.4 Å². The minimum atomic E-state index is -0.767. The third-order valence-electron chi connectivity index (χ3n) is 3.55. The second-order valence-electron chi connectivity index (χ2n) is 5.06. The van der Waals surface area contributed by atoms with E-state index in [9.17, 15) is 4.79 Å². The van der Waals surface area contributed by atoms with Gasteiger partial charge in [0.1, 0.15) is 0 Å². The Balaban J connectivity index is 1.99. The summed E-state index contributed by atoms with van der Waals surface area (Å²) >= 11 is 6.00. The summed E-state index contributed by atoms with van der Waals surface area (Å²) in [6, 6.07) is 8.04. The maximum absolute atomic E-state index is 10.8. The number of anilines is 1. The minimum absolute atomic E-state index is 0.147. The standard InChI is InChI=1S/C15H15ClN2O2/c16-10-1-4-12-13(9-10)17-7-5-14(12)18(11-2-3-11)8-6-15(19)20/h1,4-5,7,9,11H,2-3,6,8H2,(H,19,20). The first-order chi connectivity index (χ1) is 9.65. The number of carboxylic acid groups (broad SMARTS) is 1. The van der Waals surface area contributed by atoms with Crippen molar-refractivity contribution in [3.05, 3.63) is 35.5 Å². The Labute approximate surface area is 122 Å². The van der Waals surface area contributed by atoms with Gasteiger partial charge < -0.3 is 10.0 Å². The lowest BCUT2D eigenvalue weighted by atomic mass is 10.1. The van der Waals surface area contributed by atoms with Crippen LogP contribution in [0.2, 0.25) is 5.02 Å². The zero-order valence-electron chi connectivity index (χ0n) is 10.9. The predicted octanol–water partition coefficient (Wildman–Crippen LogP) is 3.33. The molecule has 0 radical (unpaired) electrons. The highest BCUT2D eigenvalue weighted by Gasteiger charge is 2.30. The van der Waals surface area contributed by atoms with Crippen molar-refractivity contribution in [1.29, 1.82) is 0 Å². The molecule has 0 unspecified atom stereocenters. The van der Waals surface area contributed by atoms with E-state index in [1.54, 1.807) is 6.20 Å². The number of halogens is 1. The Kier molecular flexibility index (Phi) is 3.49. The van der Waals surface area contributed by atoms with Crippen LogP contribution in [0.4, 0.5) is 5.69 Å². The molecular formula is C15H15ClN2O2. The predicted molar refractivity (Wildman–Crippen MR) is 79.4 cm³/mol. The molecule has 2 aromatic rings. The van der Waals surface area contributed by atoms with Crippen molar-refractivity contribution in [2.45, 2.75) is 25.3 Å². The zero-order chi connectivity index (χ0) is 14.1. The van der Waals surface area contributed by atoms with E-state index in [-0.39, 0.29) is 6.42 Å². The Morgan fingerprint density at radius 1 is 1.40 bits per heavy atom. The van der Waals surface area contributed by atoms with Crippen molar-refractivity contribution in [3.63, 3.8) is 0 Å². The van der Waals surface area contributed by atoms with Gasteiger partial charge in [-0.15, -0.1) is 0 Å². The highest BCUT2D eigenvalue weighted by atomic mass is 35.5. The lowest BCUT2D eigenvalue weighted by molar-refractivity contribution is -0.136. The van der Waals surface area contributed by atoms with Crippen LogP contribution in [0.5, 0.6) is 0 Å². The van der Waals surface area contributed by atoms with Gasteiger partial charge in [-0.3, -0.25) is 9.78 Å². The Bertz CT molecular complexity index is 655. The van der Waals surface area contributed by atoms with Gasteiger partial charge in [0.25, 0.3) is 0 Å². The lowest BCUT2D eigenvalue weighted by Crippen LogP contribution is -2.28. The number of aromatic nitrogens is 1. The number of hydrogen-bond donors (Lipinski definition) is 1. The van der Waals surface area contributed by atoms with E-state index >= 15 is 0 Å². The van der Waals surface area contributed by atoms with Crippen molar-refractivity contribution in [1.82, 2.24) is 4.98 Å². The van der Waals surface area contributed by atoms with Crippen molar-refractivity contribution in [2.24, 2.45) is 0 Å². The number of carbonyl (C=O) groups is 1. The Morgan fingerprint density at radius 2 is 2.20 bits per heavy atom. The maximum atomic E-state index is 10.8. The van der Waals surface area contributed by atoms with Crippen LogP contribution in [0, 0.1) is 0 Å². The van der Waals surface area contributed by atoms with E-state index in [1.165, 1.54) is 0 Å². The van der Waals surface area contributed by atoms with E-state index in [0.29, 0.717) is 17.6 Å². The monoisotopic (exact) mass is 290 g/mol. The van der Waals surface area contributed by atoms with Gasteiger partial charge in [0.05, 0.1) is 11.9 Å². The molecule has 1 fully saturated rings. The van der Waals surface area contributed by atoms with Gasteiger partial charge in [0.2, 0.25) is 0 Å². The first-order valence-electron chi connectivity index (χ1n) is 6.68. The molecule has 1 aliphatic rings.